The Morgan fingerprint density at radius 2 is 1.82 bits per heavy atom. The highest BCUT2D eigenvalue weighted by Gasteiger charge is 2.27. The van der Waals surface area contributed by atoms with E-state index in [0.29, 0.717) is 5.88 Å². The summed E-state index contributed by atoms with van der Waals surface area (Å²) in [6, 6.07) is 0. The van der Waals surface area contributed by atoms with Crippen molar-refractivity contribution in [3.63, 3.8) is 0 Å². The van der Waals surface area contributed by atoms with Crippen LogP contribution in [0.3, 0.4) is 0 Å². The lowest BCUT2D eigenvalue weighted by atomic mass is 9.95. The van der Waals surface area contributed by atoms with E-state index in [9.17, 15) is 0 Å². The van der Waals surface area contributed by atoms with Gasteiger partial charge in [0.1, 0.15) is 5.82 Å². The minimum Gasteiger partial charge on any atom is -0.354 e. The minimum absolute atomic E-state index is 0.00150. The molecule has 0 spiro atoms. The van der Waals surface area contributed by atoms with E-state index in [0.717, 1.165) is 23.8 Å². The summed E-state index contributed by atoms with van der Waals surface area (Å²) in [5.41, 5.74) is -0.0608. The van der Waals surface area contributed by atoms with Gasteiger partial charge in [0.05, 0.1) is 5.54 Å². The Morgan fingerprint density at radius 1 is 1.24 bits per heavy atom. The van der Waals surface area contributed by atoms with Crippen LogP contribution in [0.2, 0.25) is 0 Å². The third-order valence-corrected chi connectivity index (χ3v) is 4.22. The molecule has 0 aliphatic heterocycles. The molecule has 0 amide bonds. The van der Waals surface area contributed by atoms with Crippen molar-refractivity contribution in [2.75, 3.05) is 11.2 Å². The average Bonchev–Trinajstić information content (AvgIpc) is 2.74. The molecule has 0 aliphatic carbocycles. The maximum Gasteiger partial charge on any atom is 0.203 e. The monoisotopic (exact) mass is 275 g/mol. The molecule has 0 aliphatic rings. The summed E-state index contributed by atoms with van der Waals surface area (Å²) in [6.07, 6.45) is 1.97. The fourth-order valence-electron chi connectivity index (χ4n) is 1.45. The molecule has 0 atom stereocenters. The third kappa shape index (κ3) is 3.55. The van der Waals surface area contributed by atoms with Gasteiger partial charge in [0, 0.05) is 22.8 Å². The molecule has 1 N–H and O–H groups in total. The molecule has 5 heteroatoms. The molecule has 0 radical (unpaired) electrons. The number of hydrogen-bond donors (Lipinski definition) is 1. The topological polar surface area (TPSA) is 37.8 Å². The van der Waals surface area contributed by atoms with Crippen LogP contribution in [0.4, 0.5) is 5.13 Å². The summed E-state index contributed by atoms with van der Waals surface area (Å²) in [5, 5.41) is 4.32. The van der Waals surface area contributed by atoms with Gasteiger partial charge >= 0.3 is 0 Å². The third-order valence-electron chi connectivity index (χ3n) is 3.08. The summed E-state index contributed by atoms with van der Waals surface area (Å²) in [4.78, 5) is 4.55. The van der Waals surface area contributed by atoms with Gasteiger partial charge in [0.25, 0.3) is 0 Å². The lowest BCUT2D eigenvalue weighted by Crippen LogP contribution is -2.38. The smallest absolute Gasteiger partial charge is 0.203 e. The Morgan fingerprint density at radius 3 is 2.18 bits per heavy atom. The van der Waals surface area contributed by atoms with Crippen LogP contribution < -0.4 is 5.32 Å². The molecule has 0 saturated heterocycles. The van der Waals surface area contributed by atoms with Gasteiger partial charge in [-0.3, -0.25) is 0 Å². The summed E-state index contributed by atoms with van der Waals surface area (Å²) in [7, 11) is 0. The van der Waals surface area contributed by atoms with E-state index in [2.05, 4.69) is 49.3 Å². The standard InChI is InChI=1S/C12H22ClN3S/c1-6-12(7-2,8-13)15-10-14-9(16-17-10)11(3,4)5/h6-8H2,1-5H3,(H,14,15,16). The van der Waals surface area contributed by atoms with Crippen LogP contribution in [0, 0.1) is 0 Å². The van der Waals surface area contributed by atoms with Crippen LogP contribution in [0.5, 0.6) is 0 Å². The van der Waals surface area contributed by atoms with E-state index in [-0.39, 0.29) is 11.0 Å². The van der Waals surface area contributed by atoms with Crippen molar-refractivity contribution in [2.45, 2.75) is 58.4 Å². The quantitative estimate of drug-likeness (QED) is 0.824. The fourth-order valence-corrected chi connectivity index (χ4v) is 2.78. The van der Waals surface area contributed by atoms with Crippen molar-refractivity contribution in [1.29, 1.82) is 0 Å². The van der Waals surface area contributed by atoms with Crippen molar-refractivity contribution >= 4 is 28.3 Å². The summed E-state index contributed by atoms with van der Waals surface area (Å²) >= 11 is 7.48. The average molecular weight is 276 g/mol. The van der Waals surface area contributed by atoms with Crippen LogP contribution in [-0.4, -0.2) is 20.8 Å². The predicted molar refractivity (Wildman–Crippen MR) is 76.3 cm³/mol. The Kier molecular flexibility index (Phi) is 4.78. The van der Waals surface area contributed by atoms with E-state index < -0.39 is 0 Å². The number of rotatable bonds is 5. The van der Waals surface area contributed by atoms with Crippen LogP contribution in [-0.2, 0) is 5.41 Å². The summed E-state index contributed by atoms with van der Waals surface area (Å²) in [6.45, 7) is 10.6. The first kappa shape index (κ1) is 14.7. The number of aromatic nitrogens is 2. The van der Waals surface area contributed by atoms with Gasteiger partial charge in [-0.2, -0.15) is 4.37 Å². The molecule has 17 heavy (non-hydrogen) atoms. The number of nitrogens with one attached hydrogen (secondary N) is 1. The van der Waals surface area contributed by atoms with E-state index in [1.54, 1.807) is 0 Å². The van der Waals surface area contributed by atoms with E-state index >= 15 is 0 Å². The largest absolute Gasteiger partial charge is 0.354 e. The maximum absolute atomic E-state index is 6.07. The fraction of sp³-hybridized carbons (Fsp3) is 0.833. The summed E-state index contributed by atoms with van der Waals surface area (Å²) in [5.74, 6) is 1.48. The lowest BCUT2D eigenvalue weighted by molar-refractivity contribution is 0.483. The molecule has 1 rings (SSSR count). The number of anilines is 1. The lowest BCUT2D eigenvalue weighted by Gasteiger charge is -2.30. The van der Waals surface area contributed by atoms with Gasteiger partial charge in [0.2, 0.25) is 5.13 Å². The second kappa shape index (κ2) is 5.53. The van der Waals surface area contributed by atoms with Crippen LogP contribution in [0.15, 0.2) is 0 Å². The second-order valence-electron chi connectivity index (χ2n) is 5.42. The highest BCUT2D eigenvalue weighted by molar-refractivity contribution is 7.09. The van der Waals surface area contributed by atoms with Crippen LogP contribution in [0.25, 0.3) is 0 Å². The van der Waals surface area contributed by atoms with Crippen LogP contribution >= 0.6 is 23.1 Å². The van der Waals surface area contributed by atoms with Crippen molar-refractivity contribution < 1.29 is 0 Å². The van der Waals surface area contributed by atoms with Crippen molar-refractivity contribution in [2.24, 2.45) is 0 Å². The molecule has 0 fully saturated rings. The molecule has 0 saturated carbocycles. The Labute approximate surface area is 113 Å². The molecule has 1 aromatic heterocycles. The first-order chi connectivity index (χ1) is 7.87. The highest BCUT2D eigenvalue weighted by Crippen LogP contribution is 2.28. The van der Waals surface area contributed by atoms with Gasteiger partial charge < -0.3 is 5.32 Å². The molecule has 98 valence electrons. The molecular formula is C12H22ClN3S. The zero-order valence-electron chi connectivity index (χ0n) is 11.3. The van der Waals surface area contributed by atoms with Gasteiger partial charge in [-0.25, -0.2) is 4.98 Å². The van der Waals surface area contributed by atoms with E-state index in [1.807, 2.05) is 0 Å². The van der Waals surface area contributed by atoms with Gasteiger partial charge in [-0.05, 0) is 12.8 Å². The first-order valence-electron chi connectivity index (χ1n) is 6.05. The van der Waals surface area contributed by atoms with Crippen molar-refractivity contribution in [3.8, 4) is 0 Å². The van der Waals surface area contributed by atoms with Crippen molar-refractivity contribution in [1.82, 2.24) is 9.36 Å². The highest BCUT2D eigenvalue weighted by atomic mass is 35.5. The number of hydrogen-bond acceptors (Lipinski definition) is 4. The maximum atomic E-state index is 6.07. The van der Waals surface area contributed by atoms with E-state index in [4.69, 9.17) is 11.6 Å². The summed E-state index contributed by atoms with van der Waals surface area (Å²) < 4.78 is 4.40. The Balaban J connectivity index is 2.85. The molecule has 0 bridgehead atoms. The van der Waals surface area contributed by atoms with Crippen LogP contribution in [0.1, 0.15) is 53.3 Å². The minimum atomic E-state index is -0.0593. The van der Waals surface area contributed by atoms with Gasteiger partial charge in [-0.15, -0.1) is 11.6 Å². The number of nitrogens with zero attached hydrogens (tertiary/aromatic N) is 2. The van der Waals surface area contributed by atoms with Gasteiger partial charge in [-0.1, -0.05) is 34.6 Å². The van der Waals surface area contributed by atoms with Crippen molar-refractivity contribution in [3.05, 3.63) is 5.82 Å². The normalized spacial score (nSPS) is 12.8. The van der Waals surface area contributed by atoms with E-state index in [1.165, 1.54) is 11.5 Å². The van der Waals surface area contributed by atoms with Gasteiger partial charge in [0.15, 0.2) is 0 Å². The SMILES string of the molecule is CCC(CC)(CCl)Nc1nc(C(C)(C)C)ns1. The molecule has 0 aromatic carbocycles. The number of alkyl halides is 1. The molecular weight excluding hydrogens is 254 g/mol. The molecule has 1 aromatic rings. The number of halogens is 1. The molecule has 1 heterocycles. The molecule has 0 unspecified atom stereocenters. The second-order valence-corrected chi connectivity index (χ2v) is 6.44. The zero-order chi connectivity index (χ0) is 13.1. The predicted octanol–water partition coefficient (Wildman–Crippen LogP) is 4.05. The molecule has 3 nitrogen and oxygen atoms in total. The Bertz CT molecular complexity index is 345. The zero-order valence-corrected chi connectivity index (χ0v) is 12.9. The Hall–Kier alpha value is -0.350. The first-order valence-corrected chi connectivity index (χ1v) is 7.36.